The Bertz CT molecular complexity index is 2340. The standard InChI is InChI=1S/C90H176O42.C8H12O.C2H4O/c91-3-4-92-5-6-93-7-8-94-9-10-95-11-12-96-13-14-97-15-16-98-17-18-99-19-20-100-21-22-101-23-24-102-25-26-103-27-28-104-29-30-105-31-32-106-33-34-107-35-36-108-37-38-109-39-40-110-41-42-111-43-44-112-45-46-113-47-48-114-49-50-115-51-52-116-53-54-117-55-56-118-57-58-119-59-60-120-61-62-121-63-64-122-65-66-123-67-68-124-69-70-125-71-72-126-73-74-127-75-76-128-77-78-129-79-80-130-81-82-131-83-84-132-87-90-86-88-1-2-89(90)85-88;9-5-8-4-6-1-2-7(8)3-6;1-2-3-1/h1-2,88-91H,3-87H2;1-2,6-9H,3-5H2;1-2H2. The lowest BCUT2D eigenvalue weighted by atomic mass is 9.95. The first-order chi connectivity index (χ1) is 71.8. The molecule has 1 heterocycles. The summed E-state index contributed by atoms with van der Waals surface area (Å²) in [4.78, 5) is 0. The predicted molar refractivity (Wildman–Crippen MR) is 526 cm³/mol. The molecule has 44 nitrogen and oxygen atoms in total. The quantitative estimate of drug-likeness (QED) is 0.0502. The van der Waals surface area contributed by atoms with Crippen LogP contribution in [-0.4, -0.2) is 578 Å². The molecule has 5 rings (SSSR count). The van der Waals surface area contributed by atoms with Crippen LogP contribution >= 0.6 is 0 Å². The summed E-state index contributed by atoms with van der Waals surface area (Å²) >= 11 is 0. The monoisotopic (exact) mass is 2100 g/mol. The highest BCUT2D eigenvalue weighted by Gasteiger charge is 2.36. The molecule has 0 aromatic rings. The first-order valence-corrected chi connectivity index (χ1v) is 52.6. The molecule has 144 heavy (non-hydrogen) atoms. The summed E-state index contributed by atoms with van der Waals surface area (Å²) in [5, 5.41) is 17.5. The first kappa shape index (κ1) is 136. The number of fused-ring (bicyclic) bond motifs is 4. The Kier molecular flexibility index (Phi) is 113. The Morgan fingerprint density at radius 1 is 0.139 bits per heavy atom. The van der Waals surface area contributed by atoms with Crippen LogP contribution in [0.3, 0.4) is 0 Å². The average Bonchev–Trinajstić information content (AvgIpc) is 1.68. The Hall–Kier alpha value is -2.28. The van der Waals surface area contributed by atoms with E-state index in [-0.39, 0.29) is 6.61 Å². The van der Waals surface area contributed by atoms with Gasteiger partial charge in [-0.25, -0.2) is 0 Å². The molecule has 1 saturated heterocycles. The van der Waals surface area contributed by atoms with Gasteiger partial charge in [-0.05, 0) is 61.2 Å². The van der Waals surface area contributed by atoms with Crippen molar-refractivity contribution >= 4 is 0 Å². The Labute approximate surface area is 859 Å². The van der Waals surface area contributed by atoms with Crippen molar-refractivity contribution in [2.45, 2.75) is 25.7 Å². The van der Waals surface area contributed by atoms with Crippen molar-refractivity contribution in [3.05, 3.63) is 24.3 Å². The lowest BCUT2D eigenvalue weighted by molar-refractivity contribution is -0.0329. The lowest BCUT2D eigenvalue weighted by Gasteiger charge is -2.17. The molecule has 856 valence electrons. The maximum absolute atomic E-state index is 8.85. The molecule has 3 fully saturated rings. The smallest absolute Gasteiger partial charge is 0.0701 e. The molecule has 4 aliphatic carbocycles. The van der Waals surface area contributed by atoms with Crippen LogP contribution in [0, 0.1) is 35.5 Å². The first-order valence-electron chi connectivity index (χ1n) is 52.6. The maximum atomic E-state index is 8.85. The molecule has 2 saturated carbocycles. The van der Waals surface area contributed by atoms with E-state index in [9.17, 15) is 0 Å². The van der Waals surface area contributed by atoms with E-state index >= 15 is 0 Å². The van der Waals surface area contributed by atoms with Gasteiger partial charge in [0.05, 0.1) is 562 Å². The molecule has 1 aliphatic heterocycles. The van der Waals surface area contributed by atoms with Crippen LogP contribution in [0.25, 0.3) is 0 Å². The van der Waals surface area contributed by atoms with Crippen LogP contribution in [0.15, 0.2) is 24.3 Å². The molecule has 0 amide bonds. The van der Waals surface area contributed by atoms with Crippen molar-refractivity contribution in [1.29, 1.82) is 0 Å². The van der Waals surface area contributed by atoms with Crippen molar-refractivity contribution in [1.82, 2.24) is 0 Å². The highest BCUT2D eigenvalue weighted by atomic mass is 16.6. The molecule has 44 heteroatoms. The minimum Gasteiger partial charge on any atom is -0.396 e. The summed E-state index contributed by atoms with van der Waals surface area (Å²) in [5.74, 6) is 4.34. The fraction of sp³-hybridized carbons (Fsp3) is 0.960. The SMILES string of the molecule is C1CO1.OCC1CC2C=CC1C2.OCCOCCOCCOCCOCCOCCOCCOCCOCCOCCOCCOCCOCCOCCOCCOCCOCCOCCOCCOCCOCCOCCOCCOCCOCCOCCOCCOCCOCCOCCOCCOCCOCCOCCOCCOCCOCCOCCOCCOCCOCCOCC1CC2C=CC1C2. The van der Waals surface area contributed by atoms with E-state index in [2.05, 4.69) is 29.0 Å². The number of allylic oxidation sites excluding steroid dienone is 4. The number of ether oxygens (including phenoxy) is 42. The zero-order chi connectivity index (χ0) is 102. The summed E-state index contributed by atoms with van der Waals surface area (Å²) in [6, 6.07) is 0. The van der Waals surface area contributed by atoms with E-state index in [1.54, 1.807) is 0 Å². The molecule has 0 spiro atoms. The maximum Gasteiger partial charge on any atom is 0.0701 e. The summed E-state index contributed by atoms with van der Waals surface area (Å²) < 4.78 is 231. The van der Waals surface area contributed by atoms with E-state index in [0.717, 1.165) is 43.5 Å². The van der Waals surface area contributed by atoms with Crippen LogP contribution in [0.5, 0.6) is 0 Å². The molecule has 2 N–H and O–H groups in total. The number of aliphatic hydroxyl groups is 2. The summed E-state index contributed by atoms with van der Waals surface area (Å²) in [7, 11) is 0. The Morgan fingerprint density at radius 3 is 0.333 bits per heavy atom. The van der Waals surface area contributed by atoms with Gasteiger partial charge in [0, 0.05) is 6.61 Å². The van der Waals surface area contributed by atoms with Gasteiger partial charge in [-0.3, -0.25) is 0 Å². The van der Waals surface area contributed by atoms with Gasteiger partial charge in [0.2, 0.25) is 0 Å². The molecule has 0 aromatic carbocycles. The third-order valence-electron chi connectivity index (χ3n) is 20.7. The second kappa shape index (κ2) is 119. The summed E-state index contributed by atoms with van der Waals surface area (Å²) in [6.45, 7) is 42.5. The second-order valence-electron chi connectivity index (χ2n) is 32.2. The molecule has 4 bridgehead atoms. The van der Waals surface area contributed by atoms with Gasteiger partial charge < -0.3 is 209 Å². The summed E-state index contributed by atoms with van der Waals surface area (Å²) in [6.07, 6.45) is 14.4. The van der Waals surface area contributed by atoms with E-state index in [0.29, 0.717) is 554 Å². The number of aliphatic hydroxyl groups excluding tert-OH is 2. The predicted octanol–water partition coefficient (Wildman–Crippen LogP) is 3.08. The van der Waals surface area contributed by atoms with Gasteiger partial charge in [0.15, 0.2) is 0 Å². The Morgan fingerprint density at radius 2 is 0.250 bits per heavy atom. The van der Waals surface area contributed by atoms with Gasteiger partial charge in [0.25, 0.3) is 0 Å². The van der Waals surface area contributed by atoms with Crippen LogP contribution in [0.1, 0.15) is 25.7 Å². The van der Waals surface area contributed by atoms with E-state index in [1.165, 1.54) is 25.7 Å². The van der Waals surface area contributed by atoms with Gasteiger partial charge in [-0.2, -0.15) is 0 Å². The fourth-order valence-electron chi connectivity index (χ4n) is 13.3. The zero-order valence-electron chi connectivity index (χ0n) is 87.5. The number of hydrogen-bond donors (Lipinski definition) is 2. The van der Waals surface area contributed by atoms with Crippen LogP contribution in [0.4, 0.5) is 0 Å². The highest BCUT2D eigenvalue weighted by molar-refractivity contribution is 5.10. The number of hydrogen-bond acceptors (Lipinski definition) is 44. The molecular weight excluding hydrogens is 1910 g/mol. The lowest BCUT2D eigenvalue weighted by Crippen LogP contribution is -2.17. The van der Waals surface area contributed by atoms with Gasteiger partial charge >= 0.3 is 0 Å². The van der Waals surface area contributed by atoms with Crippen LogP contribution in [-0.2, 0) is 199 Å². The molecule has 6 unspecified atom stereocenters. The molecule has 0 aromatic heterocycles. The zero-order valence-corrected chi connectivity index (χ0v) is 87.5. The third kappa shape index (κ3) is 105. The fourth-order valence-corrected chi connectivity index (χ4v) is 13.3. The number of rotatable bonds is 125. The average molecular weight is 2100 g/mol. The molecular formula is C100H192O44. The van der Waals surface area contributed by atoms with E-state index < -0.39 is 0 Å². The van der Waals surface area contributed by atoms with Crippen LogP contribution < -0.4 is 0 Å². The van der Waals surface area contributed by atoms with Crippen molar-refractivity contribution in [3.8, 4) is 0 Å². The van der Waals surface area contributed by atoms with Crippen molar-refractivity contribution in [3.63, 3.8) is 0 Å². The number of epoxide rings is 1. The van der Waals surface area contributed by atoms with Crippen molar-refractivity contribution in [2.24, 2.45) is 35.5 Å². The second-order valence-corrected chi connectivity index (χ2v) is 32.2. The van der Waals surface area contributed by atoms with Crippen molar-refractivity contribution in [2.75, 3.05) is 568 Å². The minimum absolute atomic E-state index is 0.0148. The molecule has 5 aliphatic rings. The van der Waals surface area contributed by atoms with Gasteiger partial charge in [-0.15, -0.1) is 0 Å². The molecule has 0 radical (unpaired) electrons. The Balaban J connectivity index is 0.00000408. The summed E-state index contributed by atoms with van der Waals surface area (Å²) in [5.41, 5.74) is 0. The highest BCUT2D eigenvalue weighted by Crippen LogP contribution is 2.44. The topological polar surface area (TPSA) is 431 Å². The van der Waals surface area contributed by atoms with Gasteiger partial charge in [0.1, 0.15) is 0 Å². The normalized spacial score (nSPS) is 16.6. The third-order valence-corrected chi connectivity index (χ3v) is 20.7. The van der Waals surface area contributed by atoms with Crippen LogP contribution in [0.2, 0.25) is 0 Å². The van der Waals surface area contributed by atoms with E-state index in [1.807, 2.05) is 0 Å². The largest absolute Gasteiger partial charge is 0.396 e. The van der Waals surface area contributed by atoms with Crippen molar-refractivity contribution < 1.29 is 209 Å². The minimum atomic E-state index is 0.0148. The molecule has 6 atom stereocenters. The van der Waals surface area contributed by atoms with Gasteiger partial charge in [-0.1, -0.05) is 24.3 Å². The van der Waals surface area contributed by atoms with E-state index in [4.69, 9.17) is 204 Å².